The van der Waals surface area contributed by atoms with Gasteiger partial charge in [-0.15, -0.1) is 11.3 Å². The molecule has 0 spiro atoms. The zero-order valence-electron chi connectivity index (χ0n) is 16.3. The Morgan fingerprint density at radius 2 is 2.10 bits per heavy atom. The van der Waals surface area contributed by atoms with Crippen molar-refractivity contribution in [1.82, 2.24) is 4.98 Å². The lowest BCUT2D eigenvalue weighted by atomic mass is 9.93. The quantitative estimate of drug-likeness (QED) is 0.500. The topological polar surface area (TPSA) is 60.5 Å². The highest BCUT2D eigenvalue weighted by Gasteiger charge is 2.24. The molecule has 0 saturated carbocycles. The van der Waals surface area contributed by atoms with Crippen molar-refractivity contribution in [2.24, 2.45) is 0 Å². The van der Waals surface area contributed by atoms with E-state index < -0.39 is 0 Å². The van der Waals surface area contributed by atoms with Crippen LogP contribution in [0.4, 0.5) is 9.52 Å². The Balaban J connectivity index is 1.46. The monoisotopic (exact) mass is 446 g/mol. The van der Waals surface area contributed by atoms with Gasteiger partial charge in [0.25, 0.3) is 0 Å². The molecule has 0 radical (unpaired) electrons. The smallest absolute Gasteiger partial charge is 0.233 e. The van der Waals surface area contributed by atoms with Crippen LogP contribution >= 0.6 is 22.9 Å². The second-order valence-corrected chi connectivity index (χ2v) is 8.51. The van der Waals surface area contributed by atoms with Crippen LogP contribution in [0.25, 0.3) is 0 Å². The van der Waals surface area contributed by atoms with Crippen molar-refractivity contribution < 1.29 is 18.7 Å². The predicted octanol–water partition coefficient (Wildman–Crippen LogP) is 5.78. The molecule has 1 N–H and O–H groups in total. The molecule has 156 valence electrons. The van der Waals surface area contributed by atoms with Gasteiger partial charge >= 0.3 is 0 Å². The first-order chi connectivity index (χ1) is 14.5. The molecule has 2 aromatic carbocycles. The molecule has 8 heteroatoms. The Morgan fingerprint density at radius 1 is 1.27 bits per heavy atom. The van der Waals surface area contributed by atoms with Gasteiger partial charge in [0.1, 0.15) is 5.82 Å². The van der Waals surface area contributed by atoms with Gasteiger partial charge in [-0.1, -0.05) is 37.1 Å². The van der Waals surface area contributed by atoms with E-state index in [1.54, 1.807) is 12.3 Å². The van der Waals surface area contributed by atoms with Crippen molar-refractivity contribution in [3.05, 3.63) is 69.4 Å². The second kappa shape index (κ2) is 9.02. The highest BCUT2D eigenvalue weighted by atomic mass is 35.5. The van der Waals surface area contributed by atoms with Gasteiger partial charge in [-0.3, -0.25) is 4.79 Å². The summed E-state index contributed by atoms with van der Waals surface area (Å²) < 4.78 is 24.0. The van der Waals surface area contributed by atoms with Crippen LogP contribution in [0.15, 0.2) is 42.6 Å². The first-order valence-electron chi connectivity index (χ1n) is 9.62. The van der Waals surface area contributed by atoms with Crippen molar-refractivity contribution in [2.45, 2.75) is 32.1 Å². The maximum absolute atomic E-state index is 13.2. The Labute approximate surface area is 182 Å². The minimum atomic E-state index is -0.369. The number of anilines is 1. The van der Waals surface area contributed by atoms with E-state index in [1.165, 1.54) is 23.5 Å². The number of carbonyl (C=O) groups excluding carboxylic acids is 1. The van der Waals surface area contributed by atoms with Gasteiger partial charge in [-0.05, 0) is 41.8 Å². The van der Waals surface area contributed by atoms with Crippen molar-refractivity contribution in [1.29, 1.82) is 0 Å². The fraction of sp³-hybridized carbons (Fsp3) is 0.273. The Hall–Kier alpha value is -2.64. The lowest BCUT2D eigenvalue weighted by Crippen LogP contribution is -2.21. The van der Waals surface area contributed by atoms with E-state index in [1.807, 2.05) is 25.1 Å². The number of nitrogens with one attached hydrogen (secondary N) is 1. The second-order valence-electron chi connectivity index (χ2n) is 6.99. The third kappa shape index (κ3) is 4.57. The highest BCUT2D eigenvalue weighted by molar-refractivity contribution is 7.15. The third-order valence-corrected chi connectivity index (χ3v) is 6.12. The van der Waals surface area contributed by atoms with Gasteiger partial charge in [0.2, 0.25) is 12.7 Å². The molecule has 2 heterocycles. The fourth-order valence-corrected chi connectivity index (χ4v) is 4.43. The number of amides is 1. The number of hydrogen-bond donors (Lipinski definition) is 1. The van der Waals surface area contributed by atoms with Crippen LogP contribution in [0.3, 0.4) is 0 Å². The predicted molar refractivity (Wildman–Crippen MR) is 115 cm³/mol. The minimum Gasteiger partial charge on any atom is -0.454 e. The van der Waals surface area contributed by atoms with Gasteiger partial charge in [-0.2, -0.15) is 0 Å². The summed E-state index contributed by atoms with van der Waals surface area (Å²) in [5.41, 5.74) is 1.69. The Kier molecular flexibility index (Phi) is 6.20. The molecule has 1 amide bonds. The number of aromatic nitrogens is 1. The number of thiazole rings is 1. The van der Waals surface area contributed by atoms with Gasteiger partial charge < -0.3 is 14.8 Å². The van der Waals surface area contributed by atoms with Crippen molar-refractivity contribution in [2.75, 3.05) is 12.1 Å². The van der Waals surface area contributed by atoms with Crippen LogP contribution in [0.5, 0.6) is 11.5 Å². The Morgan fingerprint density at radius 3 is 2.90 bits per heavy atom. The summed E-state index contributed by atoms with van der Waals surface area (Å²) in [6.45, 7) is 2.24. The molecule has 1 aromatic heterocycles. The van der Waals surface area contributed by atoms with E-state index in [0.717, 1.165) is 22.4 Å². The number of hydrogen-bond acceptors (Lipinski definition) is 5. The molecule has 3 aromatic rings. The lowest BCUT2D eigenvalue weighted by molar-refractivity contribution is -0.117. The lowest BCUT2D eigenvalue weighted by Gasteiger charge is -2.16. The van der Waals surface area contributed by atoms with Gasteiger partial charge in [0.15, 0.2) is 16.6 Å². The maximum atomic E-state index is 13.2. The first kappa shape index (κ1) is 20.6. The summed E-state index contributed by atoms with van der Waals surface area (Å²) >= 11 is 7.49. The standard InChI is InChI=1S/C22H20ClFN2O3S/c1-2-3-17(13-5-7-19-20(9-13)29-12-28-19)21(27)26-22-25-11-16(30-22)8-14-4-6-15(24)10-18(14)23/h4-7,9-11,17H,2-3,8,12H2,1H3,(H,25,26,27). The number of nitrogens with zero attached hydrogens (tertiary/aromatic N) is 1. The number of fused-ring (bicyclic) bond motifs is 1. The summed E-state index contributed by atoms with van der Waals surface area (Å²) in [4.78, 5) is 18.2. The summed E-state index contributed by atoms with van der Waals surface area (Å²) in [6, 6.07) is 9.93. The number of ether oxygens (including phenoxy) is 2. The SMILES string of the molecule is CCCC(C(=O)Nc1ncc(Cc2ccc(F)cc2Cl)s1)c1ccc2c(c1)OCO2. The van der Waals surface area contributed by atoms with E-state index in [0.29, 0.717) is 34.5 Å². The van der Waals surface area contributed by atoms with Crippen LogP contribution in [0.2, 0.25) is 5.02 Å². The molecule has 1 atom stereocenters. The molecular formula is C22H20ClFN2O3S. The third-order valence-electron chi connectivity index (χ3n) is 4.86. The van der Waals surface area contributed by atoms with Crippen LogP contribution in [-0.4, -0.2) is 17.7 Å². The first-order valence-corrected chi connectivity index (χ1v) is 10.8. The normalized spacial score (nSPS) is 13.3. The van der Waals surface area contributed by atoms with E-state index in [2.05, 4.69) is 10.3 Å². The molecule has 1 aliphatic rings. The molecule has 1 unspecified atom stereocenters. The molecule has 0 bridgehead atoms. The maximum Gasteiger partial charge on any atom is 0.233 e. The molecule has 1 aliphatic heterocycles. The van der Waals surface area contributed by atoms with E-state index in [9.17, 15) is 9.18 Å². The largest absolute Gasteiger partial charge is 0.454 e. The minimum absolute atomic E-state index is 0.114. The number of rotatable bonds is 7. The van der Waals surface area contributed by atoms with Crippen molar-refractivity contribution in [3.8, 4) is 11.5 Å². The zero-order chi connectivity index (χ0) is 21.1. The number of carbonyl (C=O) groups is 1. The number of halogens is 2. The van der Waals surface area contributed by atoms with Crippen LogP contribution in [0, 0.1) is 5.82 Å². The van der Waals surface area contributed by atoms with Crippen LogP contribution < -0.4 is 14.8 Å². The van der Waals surface area contributed by atoms with Crippen molar-refractivity contribution in [3.63, 3.8) is 0 Å². The summed E-state index contributed by atoms with van der Waals surface area (Å²) in [5, 5.41) is 3.82. The molecule has 0 aliphatic carbocycles. The average Bonchev–Trinajstić information content (AvgIpc) is 3.36. The van der Waals surface area contributed by atoms with E-state index >= 15 is 0 Å². The molecule has 0 fully saturated rings. The highest BCUT2D eigenvalue weighted by Crippen LogP contribution is 2.36. The fourth-order valence-electron chi connectivity index (χ4n) is 3.36. The summed E-state index contributed by atoms with van der Waals surface area (Å²) in [6.07, 6.45) is 3.79. The van der Waals surface area contributed by atoms with Gasteiger partial charge in [0, 0.05) is 22.5 Å². The molecule has 5 nitrogen and oxygen atoms in total. The number of benzene rings is 2. The molecule has 0 saturated heterocycles. The average molecular weight is 447 g/mol. The van der Waals surface area contributed by atoms with Crippen LogP contribution in [-0.2, 0) is 11.2 Å². The van der Waals surface area contributed by atoms with E-state index in [-0.39, 0.29) is 24.4 Å². The Bertz CT molecular complexity index is 1070. The van der Waals surface area contributed by atoms with Gasteiger partial charge in [0.05, 0.1) is 5.92 Å². The summed E-state index contributed by atoms with van der Waals surface area (Å²) in [7, 11) is 0. The summed E-state index contributed by atoms with van der Waals surface area (Å²) in [5.74, 6) is 0.554. The van der Waals surface area contributed by atoms with E-state index in [4.69, 9.17) is 21.1 Å². The molecule has 30 heavy (non-hydrogen) atoms. The molecule has 4 rings (SSSR count). The van der Waals surface area contributed by atoms with Crippen LogP contribution in [0.1, 0.15) is 41.7 Å². The zero-order valence-corrected chi connectivity index (χ0v) is 17.9. The van der Waals surface area contributed by atoms with Gasteiger partial charge in [-0.25, -0.2) is 9.37 Å². The molecular weight excluding hydrogens is 427 g/mol. The van der Waals surface area contributed by atoms with Crippen molar-refractivity contribution >= 4 is 34.0 Å².